The molecule has 1 aliphatic heterocycles. The molecule has 0 spiro atoms. The molecular formula is C14H26N2O3. The van der Waals surface area contributed by atoms with Crippen molar-refractivity contribution < 1.29 is 14.6 Å². The predicted molar refractivity (Wildman–Crippen MR) is 72.9 cm³/mol. The van der Waals surface area contributed by atoms with E-state index in [1.54, 1.807) is 0 Å². The van der Waals surface area contributed by atoms with E-state index in [-0.39, 0.29) is 24.8 Å². The molecule has 1 saturated carbocycles. The number of rotatable bonds is 3. The van der Waals surface area contributed by atoms with Crippen LogP contribution in [0.3, 0.4) is 0 Å². The molecule has 2 rings (SSSR count). The van der Waals surface area contributed by atoms with Gasteiger partial charge >= 0.3 is 6.03 Å². The van der Waals surface area contributed by atoms with Crippen molar-refractivity contribution in [3.63, 3.8) is 0 Å². The highest BCUT2D eigenvalue weighted by Gasteiger charge is 2.30. The van der Waals surface area contributed by atoms with Crippen LogP contribution < -0.4 is 5.32 Å². The van der Waals surface area contributed by atoms with Gasteiger partial charge in [-0.3, -0.25) is 0 Å². The van der Waals surface area contributed by atoms with E-state index in [1.165, 1.54) is 0 Å². The number of ether oxygens (including phenoxy) is 1. The SMILES string of the molecule is CC1OCCC1NC(=O)N(C)C1CCC(CO)CC1. The van der Waals surface area contributed by atoms with Crippen molar-refractivity contribution >= 4 is 6.03 Å². The second-order valence-corrected chi connectivity index (χ2v) is 5.89. The third-order valence-corrected chi connectivity index (χ3v) is 4.63. The number of carbonyl (C=O) groups is 1. The largest absolute Gasteiger partial charge is 0.396 e. The lowest BCUT2D eigenvalue weighted by Gasteiger charge is -2.35. The van der Waals surface area contributed by atoms with Gasteiger partial charge in [0.25, 0.3) is 0 Å². The summed E-state index contributed by atoms with van der Waals surface area (Å²) in [6.45, 7) is 3.02. The van der Waals surface area contributed by atoms with Crippen molar-refractivity contribution in [1.82, 2.24) is 10.2 Å². The van der Waals surface area contributed by atoms with Gasteiger partial charge < -0.3 is 20.1 Å². The van der Waals surface area contributed by atoms with Crippen LogP contribution in [-0.4, -0.2) is 54.5 Å². The quantitative estimate of drug-likeness (QED) is 0.814. The van der Waals surface area contributed by atoms with Gasteiger partial charge in [0.2, 0.25) is 0 Å². The maximum Gasteiger partial charge on any atom is 0.317 e. The lowest BCUT2D eigenvalue weighted by molar-refractivity contribution is 0.107. The monoisotopic (exact) mass is 270 g/mol. The van der Waals surface area contributed by atoms with E-state index in [4.69, 9.17) is 9.84 Å². The molecule has 2 fully saturated rings. The van der Waals surface area contributed by atoms with E-state index >= 15 is 0 Å². The van der Waals surface area contributed by atoms with Crippen LogP contribution >= 0.6 is 0 Å². The summed E-state index contributed by atoms with van der Waals surface area (Å²) in [5.74, 6) is 0.427. The Hall–Kier alpha value is -0.810. The summed E-state index contributed by atoms with van der Waals surface area (Å²) in [5.41, 5.74) is 0. The van der Waals surface area contributed by atoms with Crippen LogP contribution in [-0.2, 0) is 4.74 Å². The Kier molecular flexibility index (Phi) is 5.05. The first-order chi connectivity index (χ1) is 9.11. The number of urea groups is 1. The molecule has 0 aromatic carbocycles. The van der Waals surface area contributed by atoms with E-state index in [2.05, 4.69) is 5.32 Å². The first kappa shape index (κ1) is 14.6. The minimum absolute atomic E-state index is 0.00907. The summed E-state index contributed by atoms with van der Waals surface area (Å²) in [4.78, 5) is 14.0. The topological polar surface area (TPSA) is 61.8 Å². The van der Waals surface area contributed by atoms with Crippen LogP contribution in [0.5, 0.6) is 0 Å². The van der Waals surface area contributed by atoms with Gasteiger partial charge in [-0.1, -0.05) is 0 Å². The maximum absolute atomic E-state index is 12.2. The molecule has 2 atom stereocenters. The Bertz CT molecular complexity index is 303. The minimum Gasteiger partial charge on any atom is -0.396 e. The predicted octanol–water partition coefficient (Wildman–Crippen LogP) is 1.36. The Labute approximate surface area is 115 Å². The standard InChI is InChI=1S/C14H26N2O3/c1-10-13(7-8-19-10)15-14(18)16(2)12-5-3-11(9-17)4-6-12/h10-13,17H,3-9H2,1-2H3,(H,15,18). The number of carbonyl (C=O) groups excluding carboxylic acids is 1. The molecule has 2 aliphatic rings. The van der Waals surface area contributed by atoms with Gasteiger partial charge in [-0.2, -0.15) is 0 Å². The number of hydrogen-bond donors (Lipinski definition) is 2. The van der Waals surface area contributed by atoms with Gasteiger partial charge in [0.1, 0.15) is 0 Å². The molecule has 2 amide bonds. The highest BCUT2D eigenvalue weighted by molar-refractivity contribution is 5.74. The van der Waals surface area contributed by atoms with Crippen molar-refractivity contribution in [1.29, 1.82) is 0 Å². The summed E-state index contributed by atoms with van der Waals surface area (Å²) < 4.78 is 5.46. The summed E-state index contributed by atoms with van der Waals surface area (Å²) in [6.07, 6.45) is 5.03. The fourth-order valence-electron chi connectivity index (χ4n) is 3.06. The Balaban J connectivity index is 1.79. The molecule has 1 saturated heterocycles. The van der Waals surface area contributed by atoms with Gasteiger partial charge in [0, 0.05) is 26.3 Å². The second kappa shape index (κ2) is 6.57. The van der Waals surface area contributed by atoms with Crippen LogP contribution in [0.4, 0.5) is 4.79 Å². The summed E-state index contributed by atoms with van der Waals surface area (Å²) in [6, 6.07) is 0.457. The van der Waals surface area contributed by atoms with Crippen LogP contribution in [0.1, 0.15) is 39.0 Å². The van der Waals surface area contributed by atoms with Gasteiger partial charge in [-0.15, -0.1) is 0 Å². The van der Waals surface area contributed by atoms with Crippen molar-refractivity contribution in [3.05, 3.63) is 0 Å². The molecule has 0 aromatic rings. The van der Waals surface area contributed by atoms with Crippen molar-refractivity contribution in [3.8, 4) is 0 Å². The van der Waals surface area contributed by atoms with Crippen molar-refractivity contribution in [2.75, 3.05) is 20.3 Å². The lowest BCUT2D eigenvalue weighted by Crippen LogP contribution is -2.49. The van der Waals surface area contributed by atoms with E-state index < -0.39 is 0 Å². The Morgan fingerprint density at radius 1 is 1.32 bits per heavy atom. The molecule has 1 aliphatic carbocycles. The number of nitrogens with zero attached hydrogens (tertiary/aromatic N) is 1. The third-order valence-electron chi connectivity index (χ3n) is 4.63. The highest BCUT2D eigenvalue weighted by Crippen LogP contribution is 2.26. The van der Waals surface area contributed by atoms with E-state index in [0.29, 0.717) is 12.0 Å². The minimum atomic E-state index is 0.00907. The van der Waals surface area contributed by atoms with Gasteiger partial charge in [0.05, 0.1) is 12.1 Å². The van der Waals surface area contributed by atoms with Crippen LogP contribution in [0, 0.1) is 5.92 Å². The summed E-state index contributed by atoms with van der Waals surface area (Å²) in [5, 5.41) is 12.2. The fraction of sp³-hybridized carbons (Fsp3) is 0.929. The normalized spacial score (nSPS) is 35.1. The fourth-order valence-corrected chi connectivity index (χ4v) is 3.06. The molecule has 5 nitrogen and oxygen atoms in total. The smallest absolute Gasteiger partial charge is 0.317 e. The molecule has 0 radical (unpaired) electrons. The number of aliphatic hydroxyl groups is 1. The number of amides is 2. The average Bonchev–Trinajstić information content (AvgIpc) is 2.83. The van der Waals surface area contributed by atoms with Crippen LogP contribution in [0.25, 0.3) is 0 Å². The molecule has 1 heterocycles. The number of hydrogen-bond acceptors (Lipinski definition) is 3. The maximum atomic E-state index is 12.2. The summed E-state index contributed by atoms with van der Waals surface area (Å²) >= 11 is 0. The number of nitrogens with one attached hydrogen (secondary N) is 1. The molecule has 0 bridgehead atoms. The van der Waals surface area contributed by atoms with Crippen molar-refractivity contribution in [2.45, 2.75) is 57.2 Å². The van der Waals surface area contributed by atoms with Crippen LogP contribution in [0.2, 0.25) is 0 Å². The average molecular weight is 270 g/mol. The van der Waals surface area contributed by atoms with Gasteiger partial charge in [0.15, 0.2) is 0 Å². The third kappa shape index (κ3) is 3.60. The molecule has 110 valence electrons. The molecular weight excluding hydrogens is 244 g/mol. The molecule has 2 unspecified atom stereocenters. The van der Waals surface area contributed by atoms with Gasteiger partial charge in [-0.05, 0) is 44.9 Å². The molecule has 5 heteroatoms. The molecule has 2 N–H and O–H groups in total. The highest BCUT2D eigenvalue weighted by atomic mass is 16.5. The van der Waals surface area contributed by atoms with Crippen LogP contribution in [0.15, 0.2) is 0 Å². The van der Waals surface area contributed by atoms with E-state index in [0.717, 1.165) is 38.7 Å². The van der Waals surface area contributed by atoms with Gasteiger partial charge in [-0.25, -0.2) is 4.79 Å². The van der Waals surface area contributed by atoms with E-state index in [9.17, 15) is 4.79 Å². The second-order valence-electron chi connectivity index (χ2n) is 5.89. The lowest BCUT2D eigenvalue weighted by atomic mass is 9.86. The van der Waals surface area contributed by atoms with Crippen molar-refractivity contribution in [2.24, 2.45) is 5.92 Å². The molecule has 19 heavy (non-hydrogen) atoms. The zero-order valence-electron chi connectivity index (χ0n) is 12.0. The Morgan fingerprint density at radius 3 is 2.53 bits per heavy atom. The zero-order valence-corrected chi connectivity index (χ0v) is 12.0. The first-order valence-corrected chi connectivity index (χ1v) is 7.37. The first-order valence-electron chi connectivity index (χ1n) is 7.37. The zero-order chi connectivity index (χ0) is 13.8. The molecule has 0 aromatic heterocycles. The number of aliphatic hydroxyl groups excluding tert-OH is 1. The summed E-state index contributed by atoms with van der Waals surface area (Å²) in [7, 11) is 1.87. The van der Waals surface area contributed by atoms with E-state index in [1.807, 2.05) is 18.9 Å². The Morgan fingerprint density at radius 2 is 2.00 bits per heavy atom.